The van der Waals surface area contributed by atoms with Crippen LogP contribution in [0.3, 0.4) is 0 Å². The van der Waals surface area contributed by atoms with Gasteiger partial charge in [0.2, 0.25) is 0 Å². The van der Waals surface area contributed by atoms with Crippen molar-refractivity contribution in [2.24, 2.45) is 0 Å². The van der Waals surface area contributed by atoms with Crippen molar-refractivity contribution in [2.75, 3.05) is 36.0 Å². The third-order valence-corrected chi connectivity index (χ3v) is 11.8. The molecule has 1 unspecified atom stereocenters. The fourth-order valence-corrected chi connectivity index (χ4v) is 8.73. The molecule has 0 aromatic heterocycles. The van der Waals surface area contributed by atoms with E-state index in [4.69, 9.17) is 0 Å². The Kier molecular flexibility index (Phi) is 12.0. The van der Waals surface area contributed by atoms with E-state index < -0.39 is 5.92 Å². The maximum absolute atomic E-state index is 12.5. The number of aliphatic hydroxyl groups is 1. The van der Waals surface area contributed by atoms with Gasteiger partial charge in [-0.05, 0) is 93.9 Å². The summed E-state index contributed by atoms with van der Waals surface area (Å²) in [5, 5.41) is 53.8. The first-order chi connectivity index (χ1) is 27.9. The van der Waals surface area contributed by atoms with E-state index in [-0.39, 0.29) is 17.1 Å². The van der Waals surface area contributed by atoms with E-state index in [0.717, 1.165) is 138 Å². The van der Waals surface area contributed by atoms with Crippen molar-refractivity contribution in [3.05, 3.63) is 119 Å². The predicted octanol–water partition coefficient (Wildman–Crippen LogP) is 13.2. The summed E-state index contributed by atoms with van der Waals surface area (Å²) in [5.41, 5.74) is 4.13. The molecule has 6 heteroatoms. The van der Waals surface area contributed by atoms with Crippen molar-refractivity contribution in [2.45, 2.75) is 85.0 Å². The van der Waals surface area contributed by atoms with Crippen LogP contribution in [0.5, 0.6) is 5.75 Å². The predicted molar refractivity (Wildman–Crippen MR) is 239 cm³/mol. The van der Waals surface area contributed by atoms with Gasteiger partial charge in [-0.2, -0.15) is 10.5 Å². The maximum Gasteiger partial charge on any atom is 0.134 e. The number of phenols is 1. The highest BCUT2D eigenvalue weighted by Crippen LogP contribution is 2.57. The van der Waals surface area contributed by atoms with Crippen LogP contribution in [-0.4, -0.2) is 36.4 Å². The Bertz CT molecular complexity index is 2570. The third-order valence-electron chi connectivity index (χ3n) is 11.8. The van der Waals surface area contributed by atoms with Crippen LogP contribution in [0.25, 0.3) is 48.7 Å². The van der Waals surface area contributed by atoms with Crippen molar-refractivity contribution in [3.63, 3.8) is 0 Å². The van der Waals surface area contributed by atoms with Gasteiger partial charge in [0, 0.05) is 71.1 Å². The molecule has 1 aliphatic rings. The van der Waals surface area contributed by atoms with Crippen molar-refractivity contribution < 1.29 is 10.2 Å². The van der Waals surface area contributed by atoms with E-state index in [0.29, 0.717) is 16.7 Å². The number of aromatic hydroxyl groups is 1. The van der Waals surface area contributed by atoms with Crippen molar-refractivity contribution in [1.29, 1.82) is 10.5 Å². The summed E-state index contributed by atoms with van der Waals surface area (Å²) in [6, 6.07) is 35.6. The average molecular weight is 755 g/mol. The Morgan fingerprint density at radius 2 is 1.00 bits per heavy atom. The molecule has 7 rings (SSSR count). The highest BCUT2D eigenvalue weighted by atomic mass is 16.3. The van der Waals surface area contributed by atoms with E-state index in [1.54, 1.807) is 0 Å². The Morgan fingerprint density at radius 3 is 1.47 bits per heavy atom. The van der Waals surface area contributed by atoms with Gasteiger partial charge in [-0.25, -0.2) is 0 Å². The summed E-state index contributed by atoms with van der Waals surface area (Å²) in [5.74, 6) is -0.658. The SMILES string of the molecule is CCCCN(CCCC)c1ccc(C2C(O)=C(c3c(O)cc(N(CCCC)CCCC)c4cc5ccccc5cc34)C2=C(C#N)C#N)c2cc3ccccc3cc12. The summed E-state index contributed by atoms with van der Waals surface area (Å²) < 4.78 is 0. The van der Waals surface area contributed by atoms with E-state index >= 15 is 0 Å². The fraction of sp³-hybridized carbons (Fsp3) is 0.333. The van der Waals surface area contributed by atoms with Crippen LogP contribution < -0.4 is 9.80 Å². The Labute approximate surface area is 337 Å². The number of nitrogens with zero attached hydrogens (tertiary/aromatic N) is 4. The summed E-state index contributed by atoms with van der Waals surface area (Å²) >= 11 is 0. The molecule has 290 valence electrons. The Balaban J connectivity index is 1.50. The Morgan fingerprint density at radius 1 is 0.561 bits per heavy atom. The molecule has 1 aliphatic carbocycles. The van der Waals surface area contributed by atoms with Gasteiger partial charge in [-0.3, -0.25) is 0 Å². The van der Waals surface area contributed by atoms with Crippen LogP contribution >= 0.6 is 0 Å². The first-order valence-electron chi connectivity index (χ1n) is 21.0. The van der Waals surface area contributed by atoms with Gasteiger partial charge in [0.05, 0.1) is 5.92 Å². The lowest BCUT2D eigenvalue weighted by molar-refractivity contribution is 0.369. The molecule has 0 saturated carbocycles. The van der Waals surface area contributed by atoms with Gasteiger partial charge in [0.15, 0.2) is 0 Å². The maximum atomic E-state index is 12.5. The highest BCUT2D eigenvalue weighted by molar-refractivity contribution is 6.14. The van der Waals surface area contributed by atoms with Crippen molar-refractivity contribution >= 4 is 60.0 Å². The molecule has 2 N–H and O–H groups in total. The minimum absolute atomic E-state index is 0.0206. The second kappa shape index (κ2) is 17.4. The van der Waals surface area contributed by atoms with Gasteiger partial charge in [0.25, 0.3) is 0 Å². The van der Waals surface area contributed by atoms with Crippen LogP contribution in [0.15, 0.2) is 108 Å². The number of hydrogen-bond acceptors (Lipinski definition) is 6. The number of hydrogen-bond donors (Lipinski definition) is 2. The largest absolute Gasteiger partial charge is 0.511 e. The number of allylic oxidation sites excluding steroid dienone is 3. The second-order valence-electron chi connectivity index (χ2n) is 15.5. The molecule has 0 fully saturated rings. The molecule has 0 amide bonds. The summed E-state index contributed by atoms with van der Waals surface area (Å²) in [6.45, 7) is 12.4. The van der Waals surface area contributed by atoms with E-state index in [1.807, 2.05) is 24.3 Å². The number of nitriles is 2. The molecule has 0 aliphatic heterocycles. The molecule has 57 heavy (non-hydrogen) atoms. The minimum Gasteiger partial charge on any atom is -0.511 e. The van der Waals surface area contributed by atoms with Gasteiger partial charge < -0.3 is 20.0 Å². The summed E-state index contributed by atoms with van der Waals surface area (Å²) in [7, 11) is 0. The van der Waals surface area contributed by atoms with Crippen LogP contribution in [0.4, 0.5) is 11.4 Å². The molecular formula is C51H54N4O2. The number of rotatable bonds is 16. The molecular weight excluding hydrogens is 701 g/mol. The normalized spacial score (nSPS) is 13.9. The van der Waals surface area contributed by atoms with Crippen LogP contribution in [0.1, 0.15) is 96.1 Å². The lowest BCUT2D eigenvalue weighted by atomic mass is 9.68. The van der Waals surface area contributed by atoms with Crippen LogP contribution in [-0.2, 0) is 0 Å². The smallest absolute Gasteiger partial charge is 0.134 e. The van der Waals surface area contributed by atoms with Gasteiger partial charge >= 0.3 is 0 Å². The number of anilines is 2. The number of benzene rings is 6. The zero-order valence-corrected chi connectivity index (χ0v) is 33.9. The molecule has 0 spiro atoms. The number of fused-ring (bicyclic) bond motifs is 4. The summed E-state index contributed by atoms with van der Waals surface area (Å²) in [6.07, 6.45) is 8.50. The molecule has 1 atom stereocenters. The summed E-state index contributed by atoms with van der Waals surface area (Å²) in [4.78, 5) is 4.86. The number of unbranched alkanes of at least 4 members (excludes halogenated alkanes) is 4. The molecule has 0 saturated heterocycles. The first-order valence-corrected chi connectivity index (χ1v) is 21.0. The molecule has 6 aromatic rings. The zero-order valence-electron chi connectivity index (χ0n) is 33.9. The average Bonchev–Trinajstić information content (AvgIpc) is 3.23. The van der Waals surface area contributed by atoms with Gasteiger partial charge in [-0.15, -0.1) is 0 Å². The lowest BCUT2D eigenvalue weighted by Gasteiger charge is -2.36. The third kappa shape index (κ3) is 7.38. The van der Waals surface area contributed by atoms with Crippen LogP contribution in [0.2, 0.25) is 0 Å². The zero-order chi connectivity index (χ0) is 40.1. The van der Waals surface area contributed by atoms with Gasteiger partial charge in [-0.1, -0.05) is 108 Å². The number of phenolic OH excluding ortho intramolecular Hbond substituents is 1. The quantitative estimate of drug-likeness (QED) is 0.0755. The highest BCUT2D eigenvalue weighted by Gasteiger charge is 2.43. The topological polar surface area (TPSA) is 94.5 Å². The van der Waals surface area contributed by atoms with Gasteiger partial charge in [0.1, 0.15) is 29.2 Å². The second-order valence-corrected chi connectivity index (χ2v) is 15.5. The monoisotopic (exact) mass is 754 g/mol. The lowest BCUT2D eigenvalue weighted by Crippen LogP contribution is -2.27. The molecule has 0 radical (unpaired) electrons. The van der Waals surface area contributed by atoms with Crippen molar-refractivity contribution in [3.8, 4) is 17.9 Å². The molecule has 0 bridgehead atoms. The first kappa shape index (κ1) is 39.3. The minimum atomic E-state index is -0.730. The fourth-order valence-electron chi connectivity index (χ4n) is 8.73. The Hall–Kier alpha value is -5.98. The molecule has 6 nitrogen and oxygen atoms in total. The van der Waals surface area contributed by atoms with E-state index in [2.05, 4.69) is 116 Å². The van der Waals surface area contributed by atoms with E-state index in [9.17, 15) is 20.7 Å². The van der Waals surface area contributed by atoms with E-state index in [1.165, 1.54) is 0 Å². The molecule has 6 aromatic carbocycles. The number of aliphatic hydroxyl groups excluding tert-OH is 1. The van der Waals surface area contributed by atoms with Crippen molar-refractivity contribution in [1.82, 2.24) is 0 Å². The molecule has 0 heterocycles. The van der Waals surface area contributed by atoms with Crippen LogP contribution in [0, 0.1) is 22.7 Å². The standard InChI is InChI=1S/C51H54N4O2/c1-5-9-23-54(24-10-6-2)44-22-21-39(40-27-34-17-13-14-18-35(34)28-41(40)44)49-47(38(32-52)33-53)50(51(49)57)48-43-30-37-20-16-15-19-36(37)29-42(43)45(31-46(48)56)55(25-11-7-3)26-12-8-4/h13-22,27-31,49,56-57H,5-12,23-26H2,1-4H3.